The molecule has 1 saturated heterocycles. The van der Waals surface area contributed by atoms with Crippen LogP contribution in [-0.4, -0.2) is 22.9 Å². The number of hydrogen-bond donors (Lipinski definition) is 1. The Kier molecular flexibility index (Phi) is 4.22. The predicted octanol–water partition coefficient (Wildman–Crippen LogP) is 3.62. The first-order valence-electron chi connectivity index (χ1n) is 7.23. The molecule has 0 spiro atoms. The van der Waals surface area contributed by atoms with Crippen LogP contribution in [0.25, 0.3) is 11.1 Å². The molecule has 1 aromatic carbocycles. The van der Waals surface area contributed by atoms with Crippen molar-refractivity contribution in [3.05, 3.63) is 40.6 Å². The maximum Gasteiger partial charge on any atom is 0.0571 e. The molecule has 2 heterocycles. The van der Waals surface area contributed by atoms with E-state index in [0.717, 1.165) is 24.1 Å². The fraction of sp³-hybridized carbons (Fsp3) is 0.438. The maximum absolute atomic E-state index is 4.60. The van der Waals surface area contributed by atoms with Crippen LogP contribution >= 0.6 is 15.9 Å². The van der Waals surface area contributed by atoms with E-state index in [0.29, 0.717) is 5.92 Å². The molecule has 0 bridgehead atoms. The molecule has 1 N–H and O–H groups in total. The molecule has 20 heavy (non-hydrogen) atoms. The van der Waals surface area contributed by atoms with Crippen molar-refractivity contribution in [1.29, 1.82) is 0 Å². The minimum atomic E-state index is 0.703. The van der Waals surface area contributed by atoms with Gasteiger partial charge in [-0.3, -0.25) is 4.68 Å². The van der Waals surface area contributed by atoms with Crippen LogP contribution in [0, 0.1) is 12.8 Å². The summed E-state index contributed by atoms with van der Waals surface area (Å²) >= 11 is 3.63. The van der Waals surface area contributed by atoms with Gasteiger partial charge in [0.25, 0.3) is 0 Å². The molecule has 1 aromatic heterocycles. The molecule has 1 aliphatic rings. The third-order valence-corrected chi connectivity index (χ3v) is 4.79. The van der Waals surface area contributed by atoms with Gasteiger partial charge in [0.15, 0.2) is 0 Å². The fourth-order valence-corrected chi connectivity index (χ4v) is 3.40. The van der Waals surface area contributed by atoms with Crippen molar-refractivity contribution in [1.82, 2.24) is 15.1 Å². The number of halogens is 1. The van der Waals surface area contributed by atoms with E-state index in [1.165, 1.54) is 29.7 Å². The van der Waals surface area contributed by atoms with Crippen molar-refractivity contribution in [2.24, 2.45) is 5.92 Å². The second-order valence-corrected chi connectivity index (χ2v) is 6.37. The van der Waals surface area contributed by atoms with Crippen LogP contribution in [0.4, 0.5) is 0 Å². The average molecular weight is 334 g/mol. The number of rotatable bonds is 3. The quantitative estimate of drug-likeness (QED) is 0.929. The summed E-state index contributed by atoms with van der Waals surface area (Å²) in [5, 5.41) is 8.07. The molecular weight excluding hydrogens is 314 g/mol. The number of benzene rings is 1. The van der Waals surface area contributed by atoms with Crippen molar-refractivity contribution in [3.63, 3.8) is 0 Å². The largest absolute Gasteiger partial charge is 0.316 e. The molecule has 1 fully saturated rings. The monoisotopic (exact) mass is 333 g/mol. The Hall–Kier alpha value is -1.13. The molecule has 1 unspecified atom stereocenters. The molecule has 3 nitrogen and oxygen atoms in total. The van der Waals surface area contributed by atoms with Gasteiger partial charge in [0.2, 0.25) is 0 Å². The molecule has 2 aromatic rings. The van der Waals surface area contributed by atoms with E-state index in [1.807, 2.05) is 12.3 Å². The summed E-state index contributed by atoms with van der Waals surface area (Å²) in [6, 6.07) is 8.33. The van der Waals surface area contributed by atoms with E-state index in [4.69, 9.17) is 0 Å². The molecule has 4 heteroatoms. The summed E-state index contributed by atoms with van der Waals surface area (Å²) < 4.78 is 3.29. The van der Waals surface area contributed by atoms with Gasteiger partial charge in [0, 0.05) is 22.3 Å². The lowest BCUT2D eigenvalue weighted by Crippen LogP contribution is -2.32. The molecule has 106 valence electrons. The van der Waals surface area contributed by atoms with Crippen molar-refractivity contribution >= 4 is 15.9 Å². The van der Waals surface area contributed by atoms with E-state index in [9.17, 15) is 0 Å². The molecule has 1 aliphatic heterocycles. The van der Waals surface area contributed by atoms with Gasteiger partial charge in [-0.25, -0.2) is 0 Å². The van der Waals surface area contributed by atoms with Crippen LogP contribution in [0.15, 0.2) is 34.9 Å². The van der Waals surface area contributed by atoms with Crippen LogP contribution < -0.4 is 5.32 Å². The van der Waals surface area contributed by atoms with Crippen LogP contribution in [0.3, 0.4) is 0 Å². The van der Waals surface area contributed by atoms with Gasteiger partial charge < -0.3 is 5.32 Å². The number of nitrogens with zero attached hydrogens (tertiary/aromatic N) is 2. The normalized spacial score (nSPS) is 19.2. The van der Waals surface area contributed by atoms with Crippen molar-refractivity contribution in [3.8, 4) is 11.1 Å². The molecule has 0 saturated carbocycles. The summed E-state index contributed by atoms with van der Waals surface area (Å²) in [6.45, 7) is 5.46. The smallest absolute Gasteiger partial charge is 0.0571 e. The highest BCUT2D eigenvalue weighted by atomic mass is 79.9. The molecule has 0 radical (unpaired) electrons. The van der Waals surface area contributed by atoms with E-state index < -0.39 is 0 Å². The summed E-state index contributed by atoms with van der Waals surface area (Å²) in [4.78, 5) is 0. The van der Waals surface area contributed by atoms with Crippen molar-refractivity contribution in [2.45, 2.75) is 26.3 Å². The Morgan fingerprint density at radius 2 is 2.20 bits per heavy atom. The van der Waals surface area contributed by atoms with Crippen molar-refractivity contribution < 1.29 is 0 Å². The van der Waals surface area contributed by atoms with Crippen molar-refractivity contribution in [2.75, 3.05) is 13.1 Å². The van der Waals surface area contributed by atoms with Crippen LogP contribution in [0.5, 0.6) is 0 Å². The second kappa shape index (κ2) is 6.10. The first-order chi connectivity index (χ1) is 9.75. The fourth-order valence-electron chi connectivity index (χ4n) is 2.90. The second-order valence-electron chi connectivity index (χ2n) is 5.52. The minimum Gasteiger partial charge on any atom is -0.316 e. The maximum atomic E-state index is 4.60. The highest BCUT2D eigenvalue weighted by Gasteiger charge is 2.17. The van der Waals surface area contributed by atoms with Crippen LogP contribution in [-0.2, 0) is 6.54 Å². The molecule has 0 aliphatic carbocycles. The minimum absolute atomic E-state index is 0.703. The van der Waals surface area contributed by atoms with E-state index >= 15 is 0 Å². The highest BCUT2D eigenvalue weighted by Crippen LogP contribution is 2.30. The summed E-state index contributed by atoms with van der Waals surface area (Å²) in [5.41, 5.74) is 3.70. The van der Waals surface area contributed by atoms with Gasteiger partial charge in [-0.05, 0) is 50.4 Å². The van der Waals surface area contributed by atoms with E-state index in [1.54, 1.807) is 0 Å². The Morgan fingerprint density at radius 3 is 2.95 bits per heavy atom. The zero-order valence-electron chi connectivity index (χ0n) is 11.8. The Balaban J connectivity index is 1.83. The highest BCUT2D eigenvalue weighted by molar-refractivity contribution is 9.10. The average Bonchev–Trinajstić information content (AvgIpc) is 2.82. The number of piperidine rings is 1. The molecule has 0 amide bonds. The standard InChI is InChI=1S/C16H20BrN3/c1-12-15(14-6-2-3-7-16(14)17)10-19-20(12)11-13-5-4-8-18-9-13/h2-3,6-7,10,13,18H,4-5,8-9,11H2,1H3. The summed E-state index contributed by atoms with van der Waals surface area (Å²) in [7, 11) is 0. The topological polar surface area (TPSA) is 29.9 Å². The first kappa shape index (κ1) is 13.8. The third kappa shape index (κ3) is 2.81. The first-order valence-corrected chi connectivity index (χ1v) is 8.03. The summed E-state index contributed by atoms with van der Waals surface area (Å²) in [6.07, 6.45) is 4.57. The van der Waals surface area contributed by atoms with Gasteiger partial charge >= 0.3 is 0 Å². The van der Waals surface area contributed by atoms with Gasteiger partial charge in [-0.15, -0.1) is 0 Å². The number of hydrogen-bond acceptors (Lipinski definition) is 2. The zero-order chi connectivity index (χ0) is 13.9. The van der Waals surface area contributed by atoms with Crippen LogP contribution in [0.2, 0.25) is 0 Å². The lowest BCUT2D eigenvalue weighted by Gasteiger charge is -2.23. The lowest BCUT2D eigenvalue weighted by molar-refractivity contribution is 0.323. The summed E-state index contributed by atoms with van der Waals surface area (Å²) in [5.74, 6) is 0.703. The molecule has 1 atom stereocenters. The number of nitrogens with one attached hydrogen (secondary N) is 1. The third-order valence-electron chi connectivity index (χ3n) is 4.10. The van der Waals surface area contributed by atoms with E-state index in [2.05, 4.69) is 56.2 Å². The predicted molar refractivity (Wildman–Crippen MR) is 85.7 cm³/mol. The Morgan fingerprint density at radius 1 is 1.35 bits per heavy atom. The SMILES string of the molecule is Cc1c(-c2ccccc2Br)cnn1CC1CCCNC1. The number of aromatic nitrogens is 2. The van der Waals surface area contributed by atoms with Gasteiger partial charge in [-0.1, -0.05) is 34.1 Å². The Bertz CT molecular complexity index is 585. The van der Waals surface area contributed by atoms with Crippen LogP contribution in [0.1, 0.15) is 18.5 Å². The lowest BCUT2D eigenvalue weighted by atomic mass is 9.99. The van der Waals surface area contributed by atoms with Gasteiger partial charge in [-0.2, -0.15) is 5.10 Å². The molecular formula is C16H20BrN3. The zero-order valence-corrected chi connectivity index (χ0v) is 13.4. The van der Waals surface area contributed by atoms with Gasteiger partial charge in [0.05, 0.1) is 6.20 Å². The van der Waals surface area contributed by atoms with Gasteiger partial charge in [0.1, 0.15) is 0 Å². The Labute approximate surface area is 128 Å². The molecule has 3 rings (SSSR count). The van der Waals surface area contributed by atoms with E-state index in [-0.39, 0.29) is 0 Å².